The number of benzene rings is 2. The number of halogens is 1. The highest BCUT2D eigenvalue weighted by atomic mass is 35.5. The SMILES string of the molecule is O=c1[nH]c(-c2ccc(N3CCCC3)cc2Cl)nc2ccccc12. The first-order chi connectivity index (χ1) is 11.2. The third kappa shape index (κ3) is 2.59. The van der Waals surface area contributed by atoms with Crippen molar-refractivity contribution in [1.29, 1.82) is 0 Å². The lowest BCUT2D eigenvalue weighted by Crippen LogP contribution is -2.17. The molecular formula is C18H16ClN3O. The maximum atomic E-state index is 12.2. The summed E-state index contributed by atoms with van der Waals surface area (Å²) >= 11 is 6.46. The van der Waals surface area contributed by atoms with Gasteiger partial charge in [0.15, 0.2) is 0 Å². The Kier molecular flexibility index (Phi) is 3.54. The number of fused-ring (bicyclic) bond motifs is 1. The number of anilines is 1. The molecule has 5 heteroatoms. The van der Waals surface area contributed by atoms with Gasteiger partial charge in [-0.05, 0) is 43.2 Å². The Hall–Kier alpha value is -2.33. The Bertz CT molecular complexity index is 929. The Labute approximate surface area is 138 Å². The molecule has 0 saturated carbocycles. The van der Waals surface area contributed by atoms with Gasteiger partial charge in [0.25, 0.3) is 5.56 Å². The molecule has 4 rings (SSSR count). The molecule has 1 aliphatic heterocycles. The zero-order valence-electron chi connectivity index (χ0n) is 12.6. The van der Waals surface area contributed by atoms with Crippen LogP contribution in [0.1, 0.15) is 12.8 Å². The monoisotopic (exact) mass is 325 g/mol. The minimum Gasteiger partial charge on any atom is -0.371 e. The van der Waals surface area contributed by atoms with Gasteiger partial charge in [0, 0.05) is 24.3 Å². The minimum atomic E-state index is -0.148. The predicted octanol–water partition coefficient (Wildman–Crippen LogP) is 3.84. The van der Waals surface area contributed by atoms with Gasteiger partial charge < -0.3 is 9.88 Å². The van der Waals surface area contributed by atoms with Gasteiger partial charge in [0.05, 0.1) is 15.9 Å². The molecule has 1 fully saturated rings. The molecule has 0 radical (unpaired) electrons. The molecule has 0 bridgehead atoms. The highest BCUT2D eigenvalue weighted by Gasteiger charge is 2.15. The summed E-state index contributed by atoms with van der Waals surface area (Å²) in [5.41, 5.74) is 2.40. The van der Waals surface area contributed by atoms with Crippen LogP contribution in [0.25, 0.3) is 22.3 Å². The molecule has 1 N–H and O–H groups in total. The predicted molar refractivity (Wildman–Crippen MR) is 94.3 cm³/mol. The van der Waals surface area contributed by atoms with E-state index in [2.05, 4.69) is 14.9 Å². The molecule has 0 amide bonds. The second kappa shape index (κ2) is 5.70. The fraction of sp³-hybridized carbons (Fsp3) is 0.222. The van der Waals surface area contributed by atoms with Crippen LogP contribution in [0.5, 0.6) is 0 Å². The zero-order chi connectivity index (χ0) is 15.8. The van der Waals surface area contributed by atoms with E-state index in [0.29, 0.717) is 21.7 Å². The molecule has 2 heterocycles. The molecule has 0 aliphatic carbocycles. The largest absolute Gasteiger partial charge is 0.371 e. The fourth-order valence-electron chi connectivity index (χ4n) is 3.08. The van der Waals surface area contributed by atoms with Crippen molar-refractivity contribution in [3.63, 3.8) is 0 Å². The Morgan fingerprint density at radius 2 is 1.87 bits per heavy atom. The molecule has 0 unspecified atom stereocenters. The van der Waals surface area contributed by atoms with Crippen molar-refractivity contribution < 1.29 is 0 Å². The maximum absolute atomic E-state index is 12.2. The van der Waals surface area contributed by atoms with E-state index in [0.717, 1.165) is 24.3 Å². The van der Waals surface area contributed by atoms with E-state index in [1.165, 1.54) is 12.8 Å². The van der Waals surface area contributed by atoms with E-state index >= 15 is 0 Å². The first-order valence-electron chi connectivity index (χ1n) is 7.76. The third-order valence-electron chi connectivity index (χ3n) is 4.29. The van der Waals surface area contributed by atoms with Crippen molar-refractivity contribution >= 4 is 28.2 Å². The van der Waals surface area contributed by atoms with Gasteiger partial charge >= 0.3 is 0 Å². The summed E-state index contributed by atoms with van der Waals surface area (Å²) in [6, 6.07) is 13.2. The smallest absolute Gasteiger partial charge is 0.259 e. The summed E-state index contributed by atoms with van der Waals surface area (Å²) in [4.78, 5) is 21.9. The highest BCUT2D eigenvalue weighted by molar-refractivity contribution is 6.33. The quantitative estimate of drug-likeness (QED) is 0.778. The Morgan fingerprint density at radius 3 is 2.65 bits per heavy atom. The van der Waals surface area contributed by atoms with Gasteiger partial charge in [0.2, 0.25) is 0 Å². The number of aromatic amines is 1. The summed E-state index contributed by atoms with van der Waals surface area (Å²) in [6.45, 7) is 2.14. The molecular weight excluding hydrogens is 310 g/mol. The van der Waals surface area contributed by atoms with Crippen LogP contribution in [-0.4, -0.2) is 23.1 Å². The second-order valence-electron chi connectivity index (χ2n) is 5.79. The fourth-order valence-corrected chi connectivity index (χ4v) is 3.35. The number of para-hydroxylation sites is 1. The van der Waals surface area contributed by atoms with E-state index in [-0.39, 0.29) is 5.56 Å². The van der Waals surface area contributed by atoms with Gasteiger partial charge in [-0.1, -0.05) is 23.7 Å². The molecule has 1 aliphatic rings. The second-order valence-corrected chi connectivity index (χ2v) is 6.20. The number of hydrogen-bond acceptors (Lipinski definition) is 3. The van der Waals surface area contributed by atoms with Crippen LogP contribution >= 0.6 is 11.6 Å². The lowest BCUT2D eigenvalue weighted by molar-refractivity contribution is 0.949. The molecule has 1 saturated heterocycles. The first kappa shape index (κ1) is 14.3. The van der Waals surface area contributed by atoms with E-state index in [4.69, 9.17) is 11.6 Å². The van der Waals surface area contributed by atoms with E-state index in [9.17, 15) is 4.79 Å². The topological polar surface area (TPSA) is 49.0 Å². The van der Waals surface area contributed by atoms with E-state index in [1.54, 1.807) is 6.07 Å². The van der Waals surface area contributed by atoms with E-state index < -0.39 is 0 Å². The van der Waals surface area contributed by atoms with Crippen molar-refractivity contribution in [3.8, 4) is 11.4 Å². The van der Waals surface area contributed by atoms with Crippen molar-refractivity contribution in [3.05, 3.63) is 57.8 Å². The summed E-state index contributed by atoms with van der Waals surface area (Å²) in [5.74, 6) is 0.506. The van der Waals surface area contributed by atoms with Gasteiger partial charge in [0.1, 0.15) is 5.82 Å². The number of nitrogens with one attached hydrogen (secondary N) is 1. The molecule has 0 spiro atoms. The molecule has 23 heavy (non-hydrogen) atoms. The van der Waals surface area contributed by atoms with Gasteiger partial charge in [-0.3, -0.25) is 4.79 Å². The lowest BCUT2D eigenvalue weighted by Gasteiger charge is -2.18. The van der Waals surface area contributed by atoms with Crippen LogP contribution in [0.3, 0.4) is 0 Å². The van der Waals surface area contributed by atoms with Crippen molar-refractivity contribution in [1.82, 2.24) is 9.97 Å². The van der Waals surface area contributed by atoms with Crippen LogP contribution in [0.4, 0.5) is 5.69 Å². The molecule has 2 aromatic carbocycles. The number of hydrogen-bond donors (Lipinski definition) is 1. The summed E-state index contributed by atoms with van der Waals surface area (Å²) < 4.78 is 0. The average molecular weight is 326 g/mol. The number of aromatic nitrogens is 2. The van der Waals surface area contributed by atoms with Gasteiger partial charge in [-0.25, -0.2) is 4.98 Å². The van der Waals surface area contributed by atoms with Crippen LogP contribution in [0.15, 0.2) is 47.3 Å². The average Bonchev–Trinajstić information content (AvgIpc) is 3.09. The molecule has 4 nitrogen and oxygen atoms in total. The zero-order valence-corrected chi connectivity index (χ0v) is 13.3. The van der Waals surface area contributed by atoms with Crippen LogP contribution < -0.4 is 10.5 Å². The van der Waals surface area contributed by atoms with Crippen molar-refractivity contribution in [2.75, 3.05) is 18.0 Å². The minimum absolute atomic E-state index is 0.148. The lowest BCUT2D eigenvalue weighted by atomic mass is 10.1. The van der Waals surface area contributed by atoms with Gasteiger partial charge in [-0.15, -0.1) is 0 Å². The maximum Gasteiger partial charge on any atom is 0.259 e. The Morgan fingerprint density at radius 1 is 1.09 bits per heavy atom. The summed E-state index contributed by atoms with van der Waals surface area (Å²) in [7, 11) is 0. The number of rotatable bonds is 2. The molecule has 3 aromatic rings. The number of nitrogens with zero attached hydrogens (tertiary/aromatic N) is 2. The Balaban J connectivity index is 1.79. The summed E-state index contributed by atoms with van der Waals surface area (Å²) in [6.07, 6.45) is 2.44. The standard InChI is InChI=1S/C18H16ClN3O/c19-15-11-12(22-9-3-4-10-22)7-8-13(15)17-20-16-6-2-1-5-14(16)18(23)21-17/h1-2,5-8,11H,3-4,9-10H2,(H,20,21,23). The number of H-pyrrole nitrogens is 1. The van der Waals surface area contributed by atoms with Crippen molar-refractivity contribution in [2.45, 2.75) is 12.8 Å². The highest BCUT2D eigenvalue weighted by Crippen LogP contribution is 2.31. The van der Waals surface area contributed by atoms with Crippen LogP contribution in [-0.2, 0) is 0 Å². The van der Waals surface area contributed by atoms with E-state index in [1.807, 2.05) is 36.4 Å². The molecule has 116 valence electrons. The molecule has 0 atom stereocenters. The summed E-state index contributed by atoms with van der Waals surface area (Å²) in [5, 5.41) is 1.19. The normalized spacial score (nSPS) is 14.6. The first-order valence-corrected chi connectivity index (χ1v) is 8.14. The third-order valence-corrected chi connectivity index (χ3v) is 4.60. The van der Waals surface area contributed by atoms with Crippen LogP contribution in [0, 0.1) is 0 Å². The van der Waals surface area contributed by atoms with Crippen molar-refractivity contribution in [2.24, 2.45) is 0 Å². The van der Waals surface area contributed by atoms with Crippen LogP contribution in [0.2, 0.25) is 5.02 Å². The molecule has 1 aromatic heterocycles. The van der Waals surface area contributed by atoms with Gasteiger partial charge in [-0.2, -0.15) is 0 Å².